The Balaban J connectivity index is 1.89. The van der Waals surface area contributed by atoms with E-state index >= 15 is 0 Å². The molecule has 2 rings (SSSR count). The third-order valence-electron chi connectivity index (χ3n) is 3.04. The van der Waals surface area contributed by atoms with Gasteiger partial charge in [-0.05, 0) is 29.2 Å². The Hall–Kier alpha value is -1.54. The van der Waals surface area contributed by atoms with Crippen molar-refractivity contribution in [3.8, 4) is 0 Å². The Morgan fingerprint density at radius 2 is 1.82 bits per heavy atom. The van der Waals surface area contributed by atoms with E-state index in [1.807, 2.05) is 0 Å². The third kappa shape index (κ3) is 3.21. The second-order valence-corrected chi connectivity index (χ2v) is 4.41. The summed E-state index contributed by atoms with van der Waals surface area (Å²) in [6.45, 7) is 4.08. The van der Waals surface area contributed by atoms with E-state index in [1.165, 1.54) is 16.7 Å². The van der Waals surface area contributed by atoms with Crippen molar-refractivity contribution < 1.29 is 0 Å². The highest BCUT2D eigenvalue weighted by molar-refractivity contribution is 5.26. The molecule has 0 bridgehead atoms. The van der Waals surface area contributed by atoms with Crippen LogP contribution < -0.4 is 5.32 Å². The van der Waals surface area contributed by atoms with Crippen molar-refractivity contribution >= 4 is 0 Å². The molecule has 0 aliphatic heterocycles. The minimum Gasteiger partial charge on any atom is -0.357 e. The summed E-state index contributed by atoms with van der Waals surface area (Å²) in [6.07, 6.45) is 5.33. The first-order chi connectivity index (χ1) is 8.29. The molecule has 2 aromatic rings. The van der Waals surface area contributed by atoms with E-state index in [1.54, 1.807) is 0 Å². The number of nitrogens with one attached hydrogen (secondary N) is 1. The Labute approximate surface area is 103 Å². The van der Waals surface area contributed by atoms with Crippen LogP contribution in [0.3, 0.4) is 0 Å². The van der Waals surface area contributed by atoms with Gasteiger partial charge in [-0.2, -0.15) is 0 Å². The van der Waals surface area contributed by atoms with Crippen molar-refractivity contribution in [1.29, 1.82) is 0 Å². The highest BCUT2D eigenvalue weighted by Crippen LogP contribution is 2.09. The number of hydrogen-bond acceptors (Lipinski definition) is 1. The molecular formula is C15H20N2. The van der Waals surface area contributed by atoms with Crippen molar-refractivity contribution in [3.05, 3.63) is 59.4 Å². The summed E-state index contributed by atoms with van der Waals surface area (Å²) in [5.74, 6) is 0. The molecule has 2 nitrogen and oxygen atoms in total. The second-order valence-electron chi connectivity index (χ2n) is 4.41. The Morgan fingerprint density at radius 1 is 1.06 bits per heavy atom. The van der Waals surface area contributed by atoms with Gasteiger partial charge in [0.2, 0.25) is 0 Å². The lowest BCUT2D eigenvalue weighted by molar-refractivity contribution is 0.687. The van der Waals surface area contributed by atoms with Crippen molar-refractivity contribution in [2.75, 3.05) is 0 Å². The number of benzene rings is 1. The summed E-state index contributed by atoms with van der Waals surface area (Å²) in [5.41, 5.74) is 4.18. The molecule has 1 aromatic carbocycles. The van der Waals surface area contributed by atoms with Crippen molar-refractivity contribution in [1.82, 2.24) is 9.88 Å². The second kappa shape index (κ2) is 5.69. The van der Waals surface area contributed by atoms with Gasteiger partial charge in [0, 0.05) is 32.5 Å². The minimum absolute atomic E-state index is 0.929. The fourth-order valence-electron chi connectivity index (χ4n) is 2.08. The van der Waals surface area contributed by atoms with E-state index in [2.05, 4.69) is 66.6 Å². The quantitative estimate of drug-likeness (QED) is 0.832. The van der Waals surface area contributed by atoms with Gasteiger partial charge in [0.05, 0.1) is 0 Å². The summed E-state index contributed by atoms with van der Waals surface area (Å²) in [4.78, 5) is 0. The third-order valence-corrected chi connectivity index (χ3v) is 3.04. The van der Waals surface area contributed by atoms with Crippen LogP contribution >= 0.6 is 0 Å². The molecule has 0 radical (unpaired) electrons. The van der Waals surface area contributed by atoms with Crippen LogP contribution in [0.2, 0.25) is 0 Å². The van der Waals surface area contributed by atoms with Crippen molar-refractivity contribution in [3.63, 3.8) is 0 Å². The first-order valence-electron chi connectivity index (χ1n) is 6.18. The van der Waals surface area contributed by atoms with E-state index in [4.69, 9.17) is 0 Å². The molecule has 0 amide bonds. The Kier molecular flexibility index (Phi) is 3.99. The molecule has 0 spiro atoms. The lowest BCUT2D eigenvalue weighted by atomic mass is 10.1. The van der Waals surface area contributed by atoms with Gasteiger partial charge < -0.3 is 9.88 Å². The lowest BCUT2D eigenvalue weighted by Gasteiger charge is -2.08. The molecule has 1 aromatic heterocycles. The first kappa shape index (κ1) is 11.9. The summed E-state index contributed by atoms with van der Waals surface area (Å²) in [5, 5.41) is 3.49. The molecular weight excluding hydrogens is 208 g/mol. The van der Waals surface area contributed by atoms with Crippen LogP contribution in [-0.4, -0.2) is 4.57 Å². The van der Waals surface area contributed by atoms with Gasteiger partial charge in [-0.25, -0.2) is 0 Å². The molecule has 1 N–H and O–H groups in total. The predicted octanol–water partition coefficient (Wildman–Crippen LogP) is 2.88. The van der Waals surface area contributed by atoms with Gasteiger partial charge in [0.15, 0.2) is 0 Å². The lowest BCUT2D eigenvalue weighted by Crippen LogP contribution is -2.13. The van der Waals surface area contributed by atoms with Gasteiger partial charge in [-0.1, -0.05) is 31.2 Å². The monoisotopic (exact) mass is 228 g/mol. The standard InChI is InChI=1S/C15H20N2/c1-3-14-6-4-5-7-15(14)11-16-10-13-8-9-17(2)12-13/h4-9,12,16H,3,10-11H2,1-2H3. The average Bonchev–Trinajstić information content (AvgIpc) is 2.76. The number of aromatic nitrogens is 1. The fraction of sp³-hybridized carbons (Fsp3) is 0.333. The smallest absolute Gasteiger partial charge is 0.0223 e. The minimum atomic E-state index is 0.929. The molecule has 0 atom stereocenters. The zero-order chi connectivity index (χ0) is 12.1. The molecule has 0 fully saturated rings. The maximum absolute atomic E-state index is 3.49. The van der Waals surface area contributed by atoms with Crippen LogP contribution in [0, 0.1) is 0 Å². The molecule has 17 heavy (non-hydrogen) atoms. The van der Waals surface area contributed by atoms with Crippen LogP contribution in [0.4, 0.5) is 0 Å². The van der Waals surface area contributed by atoms with E-state index < -0.39 is 0 Å². The molecule has 1 heterocycles. The molecule has 0 saturated heterocycles. The first-order valence-corrected chi connectivity index (χ1v) is 6.18. The number of rotatable bonds is 5. The van der Waals surface area contributed by atoms with Crippen molar-refractivity contribution in [2.24, 2.45) is 7.05 Å². The van der Waals surface area contributed by atoms with Gasteiger partial charge in [0.1, 0.15) is 0 Å². The normalized spacial score (nSPS) is 10.7. The van der Waals surface area contributed by atoms with Crippen LogP contribution in [0.1, 0.15) is 23.6 Å². The Morgan fingerprint density at radius 3 is 2.47 bits per heavy atom. The van der Waals surface area contributed by atoms with Crippen LogP contribution in [0.5, 0.6) is 0 Å². The predicted molar refractivity (Wildman–Crippen MR) is 71.8 cm³/mol. The molecule has 2 heteroatoms. The van der Waals surface area contributed by atoms with E-state index in [-0.39, 0.29) is 0 Å². The van der Waals surface area contributed by atoms with Gasteiger partial charge in [-0.15, -0.1) is 0 Å². The summed E-state index contributed by atoms with van der Waals surface area (Å²) < 4.78 is 2.08. The fourth-order valence-corrected chi connectivity index (χ4v) is 2.08. The number of nitrogens with zero attached hydrogens (tertiary/aromatic N) is 1. The molecule has 0 saturated carbocycles. The highest BCUT2D eigenvalue weighted by atomic mass is 14.9. The average molecular weight is 228 g/mol. The van der Waals surface area contributed by atoms with Gasteiger partial charge in [-0.3, -0.25) is 0 Å². The van der Waals surface area contributed by atoms with E-state index in [9.17, 15) is 0 Å². The maximum Gasteiger partial charge on any atom is 0.0223 e. The summed E-state index contributed by atoms with van der Waals surface area (Å²) >= 11 is 0. The van der Waals surface area contributed by atoms with Crippen molar-refractivity contribution in [2.45, 2.75) is 26.4 Å². The van der Waals surface area contributed by atoms with E-state index in [0.717, 1.165) is 19.5 Å². The van der Waals surface area contributed by atoms with Crippen LogP contribution in [0.15, 0.2) is 42.7 Å². The molecule has 0 unspecified atom stereocenters. The zero-order valence-corrected chi connectivity index (χ0v) is 10.6. The largest absolute Gasteiger partial charge is 0.357 e. The highest BCUT2D eigenvalue weighted by Gasteiger charge is 1.99. The summed E-state index contributed by atoms with van der Waals surface area (Å²) in [6, 6.07) is 10.8. The van der Waals surface area contributed by atoms with Gasteiger partial charge in [0.25, 0.3) is 0 Å². The summed E-state index contributed by atoms with van der Waals surface area (Å²) in [7, 11) is 2.05. The van der Waals surface area contributed by atoms with Gasteiger partial charge >= 0.3 is 0 Å². The molecule has 0 aliphatic rings. The number of aryl methyl sites for hydroxylation is 2. The SMILES string of the molecule is CCc1ccccc1CNCc1ccn(C)c1. The van der Waals surface area contributed by atoms with Crippen LogP contribution in [0.25, 0.3) is 0 Å². The molecule has 90 valence electrons. The van der Waals surface area contributed by atoms with Crippen LogP contribution in [-0.2, 0) is 26.6 Å². The van der Waals surface area contributed by atoms with E-state index in [0.29, 0.717) is 0 Å². The zero-order valence-electron chi connectivity index (χ0n) is 10.6. The molecule has 0 aliphatic carbocycles. The topological polar surface area (TPSA) is 17.0 Å². The number of hydrogen-bond donors (Lipinski definition) is 1. The Bertz CT molecular complexity index is 471. The maximum atomic E-state index is 3.49.